The Morgan fingerprint density at radius 3 is 2.41 bits per heavy atom. The van der Waals surface area contributed by atoms with Crippen molar-refractivity contribution in [2.75, 3.05) is 39.3 Å². The second kappa shape index (κ2) is 20.1. The molecule has 2 bridgehead atoms. The van der Waals surface area contributed by atoms with E-state index in [4.69, 9.17) is 9.47 Å². The van der Waals surface area contributed by atoms with Crippen LogP contribution in [-0.2, 0) is 17.9 Å². The molecule has 12 nitrogen and oxygen atoms in total. The van der Waals surface area contributed by atoms with E-state index in [-0.39, 0.29) is 42.0 Å². The van der Waals surface area contributed by atoms with Crippen molar-refractivity contribution in [3.8, 4) is 11.5 Å². The van der Waals surface area contributed by atoms with Crippen molar-refractivity contribution < 1.29 is 29.3 Å². The maximum absolute atomic E-state index is 14.1. The number of nitrogens with one attached hydrogen (secondary N) is 3. The van der Waals surface area contributed by atoms with Crippen molar-refractivity contribution in [2.45, 2.75) is 57.6 Å². The number of aliphatic hydroxyl groups excluding tert-OH is 1. The number of carbonyl (C=O) groups excluding carboxylic acids is 2. The van der Waals surface area contributed by atoms with Gasteiger partial charge in [-0.05, 0) is 122 Å². The lowest BCUT2D eigenvalue weighted by Crippen LogP contribution is -2.52. The third-order valence-corrected chi connectivity index (χ3v) is 12.3. The Morgan fingerprint density at radius 2 is 1.65 bits per heavy atom. The second-order valence-electron chi connectivity index (χ2n) is 16.6. The first kappa shape index (κ1) is 43.2. The zero-order valence-electron chi connectivity index (χ0n) is 35.5. The normalized spacial score (nSPS) is 17.8. The van der Waals surface area contributed by atoms with Crippen molar-refractivity contribution >= 4 is 22.9 Å². The van der Waals surface area contributed by atoms with E-state index in [1.165, 1.54) is 12.1 Å². The standard InChI is InChI=1S/C51H55N5O7/c1-34-9-5-6-12-40(34)31-56(26-8-25-52-30-45(58)42-19-21-44(57)49-43(42)20-22-47(59)53-49)50(60)38-17-15-35(16-18-38)33-62-41-14-7-13-39(29-41)48(37-10-3-2-4-11-37)54-51(61)63-46-32-55-27-23-36(46)24-28-55/h2-7,9-22,29,36,45-46,48,52,57-58H,8,23-28,30-33H2,1H3,(H,53,59)(H,54,61)/t45-,46-,48-/m0/s1. The summed E-state index contributed by atoms with van der Waals surface area (Å²) >= 11 is 0. The molecule has 3 atom stereocenters. The van der Waals surface area contributed by atoms with Gasteiger partial charge in [0.05, 0.1) is 17.7 Å². The van der Waals surface area contributed by atoms with Crippen molar-refractivity contribution in [3.05, 3.63) is 177 Å². The summed E-state index contributed by atoms with van der Waals surface area (Å²) in [7, 11) is 0. The van der Waals surface area contributed by atoms with Crippen LogP contribution in [0.15, 0.2) is 132 Å². The van der Waals surface area contributed by atoms with Gasteiger partial charge in [-0.25, -0.2) is 4.79 Å². The first-order valence-corrected chi connectivity index (χ1v) is 21.8. The lowest BCUT2D eigenvalue weighted by atomic mass is 9.86. The largest absolute Gasteiger partial charge is 0.506 e. The van der Waals surface area contributed by atoms with Crippen molar-refractivity contribution in [3.63, 3.8) is 0 Å². The molecule has 2 amide bonds. The quantitative estimate of drug-likeness (QED) is 0.0591. The van der Waals surface area contributed by atoms with Crippen molar-refractivity contribution in [1.29, 1.82) is 0 Å². The first-order valence-electron chi connectivity index (χ1n) is 21.8. The predicted molar refractivity (Wildman–Crippen MR) is 243 cm³/mol. The highest BCUT2D eigenvalue weighted by Gasteiger charge is 2.37. The minimum Gasteiger partial charge on any atom is -0.506 e. The molecule has 4 heterocycles. The van der Waals surface area contributed by atoms with Gasteiger partial charge in [-0.1, -0.05) is 84.9 Å². The van der Waals surface area contributed by atoms with Crippen LogP contribution < -0.4 is 20.9 Å². The summed E-state index contributed by atoms with van der Waals surface area (Å²) < 4.78 is 12.3. The number of phenolic OH excluding ortho intramolecular Hbond substituents is 1. The lowest BCUT2D eigenvalue weighted by Gasteiger charge is -2.43. The molecular formula is C51H55N5O7. The van der Waals surface area contributed by atoms with Crippen LogP contribution in [0.25, 0.3) is 10.9 Å². The van der Waals surface area contributed by atoms with Crippen LogP contribution in [0.3, 0.4) is 0 Å². The fraction of sp³-hybridized carbons (Fsp3) is 0.314. The summed E-state index contributed by atoms with van der Waals surface area (Å²) in [5, 5.41) is 28.3. The highest BCUT2D eigenvalue weighted by Crippen LogP contribution is 2.32. The molecule has 0 saturated carbocycles. The van der Waals surface area contributed by atoms with E-state index in [9.17, 15) is 24.6 Å². The van der Waals surface area contributed by atoms with E-state index in [1.807, 2.05) is 115 Å². The third kappa shape index (κ3) is 10.8. The number of aromatic hydroxyl groups is 1. The minimum absolute atomic E-state index is 0.0589. The molecule has 3 saturated heterocycles. The van der Waals surface area contributed by atoms with Gasteiger partial charge in [-0.15, -0.1) is 0 Å². The Morgan fingerprint density at radius 1 is 0.889 bits per heavy atom. The van der Waals surface area contributed by atoms with E-state index < -0.39 is 18.2 Å². The number of aliphatic hydroxyl groups is 1. The number of aromatic amines is 1. The molecule has 5 N–H and O–H groups in total. The molecule has 9 rings (SSSR count). The Kier molecular flexibility index (Phi) is 13.8. The number of benzene rings is 5. The molecule has 326 valence electrons. The Balaban J connectivity index is 0.880. The van der Waals surface area contributed by atoms with E-state index in [1.54, 1.807) is 12.1 Å². The van der Waals surface area contributed by atoms with Crippen LogP contribution in [-0.4, -0.2) is 82.4 Å². The number of phenols is 1. The number of nitrogens with zero attached hydrogens (tertiary/aromatic N) is 2. The van der Waals surface area contributed by atoms with Crippen molar-refractivity contribution in [1.82, 2.24) is 25.4 Å². The third-order valence-electron chi connectivity index (χ3n) is 12.3. The van der Waals surface area contributed by atoms with Crippen LogP contribution in [0, 0.1) is 12.8 Å². The van der Waals surface area contributed by atoms with E-state index in [0.717, 1.165) is 60.3 Å². The van der Waals surface area contributed by atoms with Crippen molar-refractivity contribution in [2.24, 2.45) is 5.92 Å². The van der Waals surface area contributed by atoms with Gasteiger partial charge in [0.15, 0.2) is 0 Å². The fourth-order valence-electron chi connectivity index (χ4n) is 8.75. The molecule has 0 unspecified atom stereocenters. The number of piperidine rings is 3. The average Bonchev–Trinajstić information content (AvgIpc) is 3.31. The lowest BCUT2D eigenvalue weighted by molar-refractivity contribution is -0.0336. The van der Waals surface area contributed by atoms with Gasteiger partial charge in [0, 0.05) is 43.2 Å². The molecule has 3 aliphatic rings. The van der Waals surface area contributed by atoms with Gasteiger partial charge >= 0.3 is 6.09 Å². The van der Waals surface area contributed by atoms with Gasteiger partial charge in [0.1, 0.15) is 24.2 Å². The average molecular weight is 850 g/mol. The monoisotopic (exact) mass is 849 g/mol. The Hall–Kier alpha value is -6.47. The SMILES string of the molecule is Cc1ccccc1CN(CCCNC[C@H](O)c1ccc(O)c2[nH]c(=O)ccc12)C(=O)c1ccc(COc2cccc([C@@H](NC(=O)O[C@H]3CN4CCC3CC4)c3ccccc3)c2)cc1. The Labute approximate surface area is 367 Å². The maximum atomic E-state index is 14.1. The number of aromatic nitrogens is 1. The minimum atomic E-state index is -0.881. The number of carbonyl (C=O) groups is 2. The smallest absolute Gasteiger partial charge is 0.408 e. The van der Waals surface area contributed by atoms with Gasteiger partial charge < -0.3 is 40.2 Å². The summed E-state index contributed by atoms with van der Waals surface area (Å²) in [5.74, 6) is 0.918. The van der Waals surface area contributed by atoms with Crippen LogP contribution in [0.4, 0.5) is 4.79 Å². The van der Waals surface area contributed by atoms with Crippen LogP contribution in [0.1, 0.15) is 75.1 Å². The number of aryl methyl sites for hydroxylation is 1. The molecule has 3 aliphatic heterocycles. The van der Waals surface area contributed by atoms with Crippen LogP contribution in [0.5, 0.6) is 11.5 Å². The van der Waals surface area contributed by atoms with Gasteiger partial charge in [-0.3, -0.25) is 14.5 Å². The predicted octanol–water partition coefficient (Wildman–Crippen LogP) is 7.39. The van der Waals surface area contributed by atoms with Crippen LogP contribution >= 0.6 is 0 Å². The van der Waals surface area contributed by atoms with Crippen LogP contribution in [0.2, 0.25) is 0 Å². The highest BCUT2D eigenvalue weighted by atomic mass is 16.6. The number of hydrogen-bond donors (Lipinski definition) is 5. The molecule has 12 heteroatoms. The fourth-order valence-corrected chi connectivity index (χ4v) is 8.75. The number of H-pyrrole nitrogens is 1. The molecule has 3 fully saturated rings. The second-order valence-corrected chi connectivity index (χ2v) is 16.6. The number of amides is 2. The number of fused-ring (bicyclic) bond motifs is 4. The molecule has 1 aromatic heterocycles. The van der Waals surface area contributed by atoms with Gasteiger partial charge in [-0.2, -0.15) is 0 Å². The molecule has 63 heavy (non-hydrogen) atoms. The topological polar surface area (TPSA) is 156 Å². The van der Waals surface area contributed by atoms with E-state index >= 15 is 0 Å². The number of alkyl carbamates (subject to hydrolysis) is 1. The molecule has 0 aliphatic carbocycles. The van der Waals surface area contributed by atoms with E-state index in [0.29, 0.717) is 54.2 Å². The number of rotatable bonds is 17. The zero-order chi connectivity index (χ0) is 43.7. The summed E-state index contributed by atoms with van der Waals surface area (Å²) in [5.41, 5.74) is 5.98. The summed E-state index contributed by atoms with van der Waals surface area (Å²) in [4.78, 5) is 46.1. The first-order chi connectivity index (χ1) is 30.7. The molecule has 0 spiro atoms. The summed E-state index contributed by atoms with van der Waals surface area (Å²) in [6.07, 6.45) is 1.37. The molecular weight excluding hydrogens is 795 g/mol. The number of hydrogen-bond acceptors (Lipinski definition) is 9. The maximum Gasteiger partial charge on any atom is 0.408 e. The number of ether oxygens (including phenoxy) is 2. The number of pyridine rings is 1. The summed E-state index contributed by atoms with van der Waals surface area (Å²) in [6.45, 7) is 6.99. The summed E-state index contributed by atoms with van der Waals surface area (Å²) in [6, 6.07) is 38.8. The van der Waals surface area contributed by atoms with Gasteiger partial charge in [0.25, 0.3) is 5.91 Å². The Bertz CT molecular complexity index is 2560. The van der Waals surface area contributed by atoms with E-state index in [2.05, 4.69) is 20.5 Å². The zero-order valence-corrected chi connectivity index (χ0v) is 35.5. The molecule has 0 radical (unpaired) electrons. The molecule has 6 aromatic rings. The van der Waals surface area contributed by atoms with Gasteiger partial charge in [0.2, 0.25) is 5.56 Å². The molecule has 5 aromatic carbocycles. The highest BCUT2D eigenvalue weighted by molar-refractivity contribution is 5.94.